The molecule has 5 heteroatoms. The molecular weight excluding hydrogens is 364 g/mol. The molecule has 0 unspecified atom stereocenters. The zero-order valence-corrected chi connectivity index (χ0v) is 16.4. The summed E-state index contributed by atoms with van der Waals surface area (Å²) in [6.45, 7) is 4.58. The number of piperazine rings is 1. The average Bonchev–Trinajstić information content (AvgIpc) is 2.77. The van der Waals surface area contributed by atoms with Gasteiger partial charge in [-0.15, -0.1) is 0 Å². The molecule has 0 saturated carbocycles. The number of rotatable bonds is 8. The number of benzene rings is 2. The number of nitrogens with zero attached hydrogens (tertiary/aromatic N) is 1. The number of hydrogen-bond donors (Lipinski definition) is 2. The van der Waals surface area contributed by atoms with Crippen LogP contribution in [0.2, 0.25) is 0 Å². The quantitative estimate of drug-likeness (QED) is 0.536. The molecule has 0 aromatic heterocycles. The van der Waals surface area contributed by atoms with Crippen LogP contribution in [0.5, 0.6) is 0 Å². The highest BCUT2D eigenvalue weighted by molar-refractivity contribution is 6.06. The molecule has 1 aliphatic heterocycles. The number of aliphatic hydroxyl groups excluding tert-OH is 1. The monoisotopic (exact) mass is 390 g/mol. The van der Waals surface area contributed by atoms with Crippen LogP contribution < -0.4 is 5.32 Å². The van der Waals surface area contributed by atoms with E-state index < -0.39 is 6.61 Å². The van der Waals surface area contributed by atoms with Gasteiger partial charge in [-0.25, -0.2) is 0 Å². The number of carbonyl (C=O) groups excluding carboxylic acids is 2. The summed E-state index contributed by atoms with van der Waals surface area (Å²) in [4.78, 5) is 25.9. The molecule has 0 amide bonds. The number of allylic oxidation sites excluding steroid dienone is 1. The van der Waals surface area contributed by atoms with E-state index in [-0.39, 0.29) is 11.6 Å². The molecule has 1 fully saturated rings. The van der Waals surface area contributed by atoms with Crippen molar-refractivity contribution in [1.29, 1.82) is 0 Å². The summed E-state index contributed by atoms with van der Waals surface area (Å²) in [5, 5.41) is 12.1. The fraction of sp³-hybridized carbons (Fsp3) is 0.250. The second-order valence-corrected chi connectivity index (χ2v) is 7.05. The van der Waals surface area contributed by atoms with Gasteiger partial charge < -0.3 is 10.4 Å². The average molecular weight is 390 g/mol. The van der Waals surface area contributed by atoms with Crippen LogP contribution in [0.4, 0.5) is 0 Å². The Morgan fingerprint density at radius 3 is 2.07 bits per heavy atom. The molecule has 0 spiro atoms. The molecule has 2 N–H and O–H groups in total. The van der Waals surface area contributed by atoms with E-state index in [0.717, 1.165) is 43.9 Å². The van der Waals surface area contributed by atoms with Gasteiger partial charge in [-0.3, -0.25) is 14.5 Å². The number of nitrogens with one attached hydrogen (secondary N) is 1. The van der Waals surface area contributed by atoms with Crippen molar-refractivity contribution < 1.29 is 14.7 Å². The van der Waals surface area contributed by atoms with E-state index in [1.54, 1.807) is 18.2 Å². The first-order valence-electron chi connectivity index (χ1n) is 9.80. The Bertz CT molecular complexity index is 877. The van der Waals surface area contributed by atoms with Crippen LogP contribution in [-0.2, 0) is 11.3 Å². The van der Waals surface area contributed by atoms with E-state index in [0.29, 0.717) is 5.56 Å². The number of hydrogen-bond acceptors (Lipinski definition) is 5. The molecule has 2 aromatic rings. The molecule has 2 aromatic carbocycles. The molecule has 0 radical (unpaired) electrons. The Hall–Kier alpha value is -2.86. The molecule has 1 aliphatic rings. The topological polar surface area (TPSA) is 69.6 Å². The maximum atomic E-state index is 12.4. The lowest BCUT2D eigenvalue weighted by atomic mass is 10.1. The van der Waals surface area contributed by atoms with Crippen molar-refractivity contribution in [2.45, 2.75) is 6.54 Å². The van der Waals surface area contributed by atoms with Crippen molar-refractivity contribution in [2.24, 2.45) is 0 Å². The summed E-state index contributed by atoms with van der Waals surface area (Å²) in [5.74, 6) is -0.366. The van der Waals surface area contributed by atoms with Crippen molar-refractivity contribution in [3.8, 4) is 0 Å². The highest BCUT2D eigenvalue weighted by Crippen LogP contribution is 2.12. The predicted molar refractivity (Wildman–Crippen MR) is 116 cm³/mol. The molecule has 29 heavy (non-hydrogen) atoms. The summed E-state index contributed by atoms with van der Waals surface area (Å²) in [5.41, 5.74) is 3.65. The van der Waals surface area contributed by atoms with E-state index in [2.05, 4.69) is 10.2 Å². The highest BCUT2D eigenvalue weighted by Gasteiger charge is 2.10. The molecular formula is C24H26N2O3. The minimum absolute atomic E-state index is 0.0313. The van der Waals surface area contributed by atoms with Crippen LogP contribution in [0.15, 0.2) is 60.7 Å². The van der Waals surface area contributed by atoms with Crippen LogP contribution in [0, 0.1) is 0 Å². The number of ketones is 2. The lowest BCUT2D eigenvalue weighted by molar-refractivity contribution is -0.117. The molecule has 1 saturated heterocycles. The fourth-order valence-corrected chi connectivity index (χ4v) is 3.13. The molecule has 150 valence electrons. The van der Waals surface area contributed by atoms with E-state index >= 15 is 0 Å². The van der Waals surface area contributed by atoms with Crippen molar-refractivity contribution in [2.75, 3.05) is 32.8 Å². The summed E-state index contributed by atoms with van der Waals surface area (Å²) in [6.07, 6.45) is 6.36. The van der Waals surface area contributed by atoms with Gasteiger partial charge in [0.25, 0.3) is 0 Å². The third-order valence-corrected chi connectivity index (χ3v) is 4.84. The Kier molecular flexibility index (Phi) is 7.64. The second kappa shape index (κ2) is 10.6. The molecule has 0 bridgehead atoms. The Balaban J connectivity index is 1.55. The highest BCUT2D eigenvalue weighted by atomic mass is 16.3. The summed E-state index contributed by atoms with van der Waals surface area (Å²) < 4.78 is 0. The van der Waals surface area contributed by atoms with Gasteiger partial charge >= 0.3 is 0 Å². The lowest BCUT2D eigenvalue weighted by Crippen LogP contribution is -2.42. The number of carbonyl (C=O) groups is 2. The van der Waals surface area contributed by atoms with Crippen LogP contribution in [0.1, 0.15) is 27.0 Å². The largest absolute Gasteiger partial charge is 0.388 e. The molecule has 0 aliphatic carbocycles. The van der Waals surface area contributed by atoms with Gasteiger partial charge in [-0.2, -0.15) is 0 Å². The van der Waals surface area contributed by atoms with Gasteiger partial charge in [0.15, 0.2) is 11.6 Å². The standard InChI is InChI=1S/C24H26N2O3/c27-18-23(28)11-7-19-1-3-20(4-2-19)8-12-24(29)22-9-5-21(6-10-22)17-26-15-13-25-14-16-26/h1-12,25,27H,13-18H2/b11-7+,12-8+. The first kappa shape index (κ1) is 20.9. The third-order valence-electron chi connectivity index (χ3n) is 4.84. The van der Waals surface area contributed by atoms with Crippen LogP contribution in [0.25, 0.3) is 12.2 Å². The molecule has 0 atom stereocenters. The molecule has 5 nitrogen and oxygen atoms in total. The van der Waals surface area contributed by atoms with Gasteiger partial charge in [0.05, 0.1) is 0 Å². The van der Waals surface area contributed by atoms with Gasteiger partial charge in [0.2, 0.25) is 0 Å². The van der Waals surface area contributed by atoms with E-state index in [1.807, 2.05) is 48.5 Å². The Morgan fingerprint density at radius 1 is 0.897 bits per heavy atom. The third kappa shape index (κ3) is 6.61. The van der Waals surface area contributed by atoms with Gasteiger partial charge in [-0.1, -0.05) is 60.7 Å². The maximum Gasteiger partial charge on any atom is 0.185 e. The van der Waals surface area contributed by atoms with E-state index in [4.69, 9.17) is 5.11 Å². The lowest BCUT2D eigenvalue weighted by Gasteiger charge is -2.27. The van der Waals surface area contributed by atoms with Crippen LogP contribution in [0.3, 0.4) is 0 Å². The zero-order valence-electron chi connectivity index (χ0n) is 16.4. The summed E-state index contributed by atoms with van der Waals surface area (Å²) in [7, 11) is 0. The zero-order chi connectivity index (χ0) is 20.5. The van der Waals surface area contributed by atoms with Crippen molar-refractivity contribution in [1.82, 2.24) is 10.2 Å². The minimum Gasteiger partial charge on any atom is -0.388 e. The second-order valence-electron chi connectivity index (χ2n) is 7.05. The molecule has 3 rings (SSSR count). The smallest absolute Gasteiger partial charge is 0.185 e. The normalized spacial score (nSPS) is 15.2. The number of aliphatic hydroxyl groups is 1. The van der Waals surface area contributed by atoms with Gasteiger partial charge in [0.1, 0.15) is 6.61 Å². The van der Waals surface area contributed by atoms with Crippen molar-refractivity contribution >= 4 is 23.7 Å². The van der Waals surface area contributed by atoms with Crippen molar-refractivity contribution in [3.05, 3.63) is 82.9 Å². The fourth-order valence-electron chi connectivity index (χ4n) is 3.13. The first-order valence-corrected chi connectivity index (χ1v) is 9.80. The molecule has 1 heterocycles. The van der Waals surface area contributed by atoms with Gasteiger partial charge in [-0.05, 0) is 28.8 Å². The predicted octanol–water partition coefficient (Wildman–Crippen LogP) is 2.56. The SMILES string of the molecule is O=C(/C=C/c1ccc(/C=C/C(=O)c2ccc(CN3CCNCC3)cc2)cc1)CO. The van der Waals surface area contributed by atoms with E-state index in [9.17, 15) is 9.59 Å². The van der Waals surface area contributed by atoms with Gasteiger partial charge in [0, 0.05) is 38.3 Å². The first-order chi connectivity index (χ1) is 14.1. The van der Waals surface area contributed by atoms with Crippen molar-refractivity contribution in [3.63, 3.8) is 0 Å². The maximum absolute atomic E-state index is 12.4. The Morgan fingerprint density at radius 2 is 1.48 bits per heavy atom. The van der Waals surface area contributed by atoms with E-state index in [1.165, 1.54) is 11.6 Å². The minimum atomic E-state index is -0.490. The summed E-state index contributed by atoms with van der Waals surface area (Å²) in [6, 6.07) is 15.3. The van der Waals surface area contributed by atoms with Crippen LogP contribution >= 0.6 is 0 Å². The summed E-state index contributed by atoms with van der Waals surface area (Å²) >= 11 is 0. The van der Waals surface area contributed by atoms with Crippen LogP contribution in [-0.4, -0.2) is 54.4 Å². The Labute approximate surface area is 171 Å².